The lowest BCUT2D eigenvalue weighted by molar-refractivity contribution is 1.26. The van der Waals surface area contributed by atoms with Crippen molar-refractivity contribution in [2.24, 2.45) is 0 Å². The summed E-state index contributed by atoms with van der Waals surface area (Å²) in [6.07, 6.45) is 3.67. The van der Waals surface area contributed by atoms with Gasteiger partial charge >= 0.3 is 0 Å². The van der Waals surface area contributed by atoms with Gasteiger partial charge in [0.15, 0.2) is 0 Å². The Balaban J connectivity index is 1.24. The summed E-state index contributed by atoms with van der Waals surface area (Å²) in [6.45, 7) is 0. The SMILES string of the molecule is c1ccc(N(c2ccc(-c3cnc4ccccc4n3)cc2)c2ccc(-c3cnc4ccccc4n3)cc2)cc1. The van der Waals surface area contributed by atoms with E-state index in [1.54, 1.807) is 0 Å². The van der Waals surface area contributed by atoms with E-state index in [9.17, 15) is 0 Å². The van der Waals surface area contributed by atoms with Crippen LogP contribution in [-0.4, -0.2) is 19.9 Å². The second kappa shape index (κ2) is 9.80. The molecule has 2 heterocycles. The van der Waals surface area contributed by atoms with Crippen molar-refractivity contribution in [3.8, 4) is 22.5 Å². The van der Waals surface area contributed by atoms with E-state index in [1.165, 1.54) is 0 Å². The quantitative estimate of drug-likeness (QED) is 0.237. The molecule has 0 amide bonds. The third kappa shape index (κ3) is 4.47. The summed E-state index contributed by atoms with van der Waals surface area (Å²) >= 11 is 0. The van der Waals surface area contributed by atoms with Gasteiger partial charge in [0.1, 0.15) is 0 Å². The van der Waals surface area contributed by atoms with Crippen molar-refractivity contribution in [3.63, 3.8) is 0 Å². The summed E-state index contributed by atoms with van der Waals surface area (Å²) in [4.78, 5) is 21.0. The molecule has 5 aromatic carbocycles. The topological polar surface area (TPSA) is 54.8 Å². The van der Waals surface area contributed by atoms with E-state index < -0.39 is 0 Å². The van der Waals surface area contributed by atoms with Crippen LogP contribution >= 0.6 is 0 Å². The van der Waals surface area contributed by atoms with Gasteiger partial charge in [-0.05, 0) is 60.7 Å². The van der Waals surface area contributed by atoms with Crippen LogP contribution in [-0.2, 0) is 0 Å². The molecule has 0 aliphatic heterocycles. The van der Waals surface area contributed by atoms with Crippen LogP contribution in [0.25, 0.3) is 44.6 Å². The minimum atomic E-state index is 0.854. The van der Waals surface area contributed by atoms with Gasteiger partial charge in [0, 0.05) is 28.2 Å². The fraction of sp³-hybridized carbons (Fsp3) is 0. The average Bonchev–Trinajstić information content (AvgIpc) is 3.02. The molecule has 0 fully saturated rings. The number of hydrogen-bond donors (Lipinski definition) is 0. The molecule has 2 aromatic heterocycles. The molecule has 0 aliphatic carbocycles. The smallest absolute Gasteiger partial charge is 0.0894 e. The van der Waals surface area contributed by atoms with Crippen molar-refractivity contribution < 1.29 is 0 Å². The lowest BCUT2D eigenvalue weighted by Crippen LogP contribution is -2.09. The molecule has 0 spiro atoms. The zero-order valence-electron chi connectivity index (χ0n) is 21.0. The Bertz CT molecular complexity index is 1780. The number of aromatic nitrogens is 4. The first-order valence-electron chi connectivity index (χ1n) is 12.8. The van der Waals surface area contributed by atoms with Gasteiger partial charge in [-0.1, -0.05) is 66.7 Å². The fourth-order valence-corrected chi connectivity index (χ4v) is 4.78. The number of benzene rings is 5. The van der Waals surface area contributed by atoms with Crippen LogP contribution in [0.2, 0.25) is 0 Å². The molecule has 0 saturated carbocycles. The van der Waals surface area contributed by atoms with Crippen LogP contribution in [0, 0.1) is 0 Å². The molecule has 0 radical (unpaired) electrons. The first-order chi connectivity index (χ1) is 19.3. The number of nitrogens with zero attached hydrogens (tertiary/aromatic N) is 5. The van der Waals surface area contributed by atoms with Crippen LogP contribution in [0.15, 0.2) is 140 Å². The fourth-order valence-electron chi connectivity index (χ4n) is 4.78. The second-order valence-electron chi connectivity index (χ2n) is 9.25. The molecule has 5 nitrogen and oxygen atoms in total. The number of para-hydroxylation sites is 5. The molecule has 0 aliphatic rings. The largest absolute Gasteiger partial charge is 0.311 e. The highest BCUT2D eigenvalue weighted by Crippen LogP contribution is 2.36. The first-order valence-corrected chi connectivity index (χ1v) is 12.8. The Hall–Kier alpha value is -5.42. The molecule has 0 N–H and O–H groups in total. The molecule has 184 valence electrons. The van der Waals surface area contributed by atoms with E-state index in [1.807, 2.05) is 67.0 Å². The minimum absolute atomic E-state index is 0.854. The Morgan fingerprint density at radius 3 is 1.21 bits per heavy atom. The lowest BCUT2D eigenvalue weighted by atomic mass is 10.1. The van der Waals surface area contributed by atoms with Gasteiger partial charge in [-0.2, -0.15) is 0 Å². The Morgan fingerprint density at radius 1 is 0.359 bits per heavy atom. The van der Waals surface area contributed by atoms with E-state index in [0.29, 0.717) is 0 Å². The Labute approximate surface area is 226 Å². The van der Waals surface area contributed by atoms with Crippen LogP contribution in [0.4, 0.5) is 17.1 Å². The number of fused-ring (bicyclic) bond motifs is 2. The average molecular weight is 502 g/mol. The normalized spacial score (nSPS) is 11.1. The summed E-state index contributed by atoms with van der Waals surface area (Å²) in [5.74, 6) is 0. The van der Waals surface area contributed by atoms with Crippen molar-refractivity contribution in [2.75, 3.05) is 4.90 Å². The molecular formula is C34H23N5. The van der Waals surface area contributed by atoms with E-state index in [4.69, 9.17) is 9.97 Å². The predicted molar refractivity (Wildman–Crippen MR) is 158 cm³/mol. The van der Waals surface area contributed by atoms with Crippen LogP contribution < -0.4 is 4.90 Å². The van der Waals surface area contributed by atoms with Crippen LogP contribution in [0.1, 0.15) is 0 Å². The van der Waals surface area contributed by atoms with E-state index >= 15 is 0 Å². The Morgan fingerprint density at radius 2 is 0.744 bits per heavy atom. The third-order valence-corrected chi connectivity index (χ3v) is 6.75. The summed E-state index contributed by atoms with van der Waals surface area (Å²) < 4.78 is 0. The highest BCUT2D eigenvalue weighted by Gasteiger charge is 2.14. The summed E-state index contributed by atoms with van der Waals surface area (Å²) in [6, 6.07) is 43.1. The summed E-state index contributed by atoms with van der Waals surface area (Å²) in [7, 11) is 0. The molecular weight excluding hydrogens is 478 g/mol. The van der Waals surface area contributed by atoms with E-state index in [-0.39, 0.29) is 0 Å². The van der Waals surface area contributed by atoms with E-state index in [2.05, 4.69) is 87.7 Å². The number of hydrogen-bond acceptors (Lipinski definition) is 5. The van der Waals surface area contributed by atoms with Crippen molar-refractivity contribution in [1.29, 1.82) is 0 Å². The second-order valence-corrected chi connectivity index (χ2v) is 9.25. The van der Waals surface area contributed by atoms with Crippen molar-refractivity contribution in [3.05, 3.63) is 140 Å². The first kappa shape index (κ1) is 22.8. The minimum Gasteiger partial charge on any atom is -0.311 e. The third-order valence-electron chi connectivity index (χ3n) is 6.75. The van der Waals surface area contributed by atoms with Crippen molar-refractivity contribution in [2.45, 2.75) is 0 Å². The molecule has 7 aromatic rings. The number of anilines is 3. The standard InChI is InChI=1S/C34H23N5/c1-2-8-26(9-3-1)39(27-18-14-24(15-19-27)33-22-35-29-10-4-6-12-31(29)37-33)28-20-16-25(17-21-28)34-23-36-30-11-5-7-13-32(30)38-34/h1-23H. The van der Waals surface area contributed by atoms with Crippen molar-refractivity contribution >= 4 is 39.1 Å². The van der Waals surface area contributed by atoms with E-state index in [0.717, 1.165) is 61.6 Å². The maximum absolute atomic E-state index is 4.81. The van der Waals surface area contributed by atoms with Gasteiger partial charge < -0.3 is 4.90 Å². The maximum atomic E-state index is 4.81. The predicted octanol–water partition coefficient (Wildman–Crippen LogP) is 8.38. The molecule has 7 rings (SSSR count). The van der Waals surface area contributed by atoms with Gasteiger partial charge in [-0.25, -0.2) is 9.97 Å². The lowest BCUT2D eigenvalue weighted by Gasteiger charge is -2.25. The zero-order valence-corrected chi connectivity index (χ0v) is 21.0. The van der Waals surface area contributed by atoms with Gasteiger partial charge in [0.2, 0.25) is 0 Å². The molecule has 0 bridgehead atoms. The highest BCUT2D eigenvalue weighted by atomic mass is 15.1. The zero-order chi connectivity index (χ0) is 26.0. The molecule has 39 heavy (non-hydrogen) atoms. The Kier molecular flexibility index (Phi) is 5.72. The van der Waals surface area contributed by atoms with Gasteiger partial charge in [0.05, 0.1) is 45.8 Å². The summed E-state index contributed by atoms with van der Waals surface area (Å²) in [5, 5.41) is 0. The van der Waals surface area contributed by atoms with Gasteiger partial charge in [-0.15, -0.1) is 0 Å². The molecule has 0 atom stereocenters. The van der Waals surface area contributed by atoms with Crippen molar-refractivity contribution in [1.82, 2.24) is 19.9 Å². The van der Waals surface area contributed by atoms with Crippen LogP contribution in [0.5, 0.6) is 0 Å². The summed E-state index contributed by atoms with van der Waals surface area (Å²) in [5.41, 5.74) is 10.5. The van der Waals surface area contributed by atoms with Crippen LogP contribution in [0.3, 0.4) is 0 Å². The van der Waals surface area contributed by atoms with Gasteiger partial charge in [0.25, 0.3) is 0 Å². The highest BCUT2D eigenvalue weighted by molar-refractivity contribution is 5.81. The maximum Gasteiger partial charge on any atom is 0.0894 e. The van der Waals surface area contributed by atoms with Gasteiger partial charge in [-0.3, -0.25) is 9.97 Å². The molecule has 0 unspecified atom stereocenters. The monoisotopic (exact) mass is 501 g/mol. The molecule has 5 heteroatoms. The molecule has 0 saturated heterocycles. The number of rotatable bonds is 5.